The van der Waals surface area contributed by atoms with Crippen molar-refractivity contribution in [1.29, 1.82) is 0 Å². The van der Waals surface area contributed by atoms with E-state index >= 15 is 4.39 Å². The molecule has 4 aromatic carbocycles. The van der Waals surface area contributed by atoms with Crippen LogP contribution >= 0.6 is 0 Å². The predicted octanol–water partition coefficient (Wildman–Crippen LogP) is 7.99. The number of carbonyl (C=O) groups excluding carboxylic acids is 1. The lowest BCUT2D eigenvalue weighted by atomic mass is 9.81. The first kappa shape index (κ1) is 29.8. The summed E-state index contributed by atoms with van der Waals surface area (Å²) in [4.78, 5) is 28.7. The van der Waals surface area contributed by atoms with Gasteiger partial charge in [0.15, 0.2) is 17.7 Å². The number of ether oxygens (including phenoxy) is 2. The fourth-order valence-corrected chi connectivity index (χ4v) is 6.93. The van der Waals surface area contributed by atoms with Crippen LogP contribution in [0.5, 0.6) is 5.75 Å². The van der Waals surface area contributed by atoms with Crippen LogP contribution in [0.3, 0.4) is 0 Å². The molecule has 1 amide bonds. The Morgan fingerprint density at radius 3 is 2.34 bits per heavy atom. The molecule has 0 spiro atoms. The zero-order valence-corrected chi connectivity index (χ0v) is 26.1. The number of carboxylic acid groups (broad SMARTS) is 1. The van der Waals surface area contributed by atoms with E-state index < -0.39 is 23.5 Å². The van der Waals surface area contributed by atoms with Gasteiger partial charge in [0, 0.05) is 29.8 Å². The molecule has 0 radical (unpaired) electrons. The number of halogens is 1. The lowest BCUT2D eigenvalue weighted by Crippen LogP contribution is -2.29. The molecule has 2 aliphatic heterocycles. The van der Waals surface area contributed by atoms with Gasteiger partial charge in [-0.05, 0) is 116 Å². The molecule has 0 fully saturated rings. The van der Waals surface area contributed by atoms with Gasteiger partial charge in [-0.2, -0.15) is 0 Å². The number of carboxylic acids is 1. The third-order valence-corrected chi connectivity index (χ3v) is 8.99. The summed E-state index contributed by atoms with van der Waals surface area (Å²) in [5.41, 5.74) is 6.78. The molecule has 44 heavy (non-hydrogen) atoms. The van der Waals surface area contributed by atoms with Crippen molar-refractivity contribution in [2.75, 3.05) is 6.61 Å². The van der Waals surface area contributed by atoms with Gasteiger partial charge >= 0.3 is 5.97 Å². The Kier molecular flexibility index (Phi) is 7.49. The zero-order valence-electron chi connectivity index (χ0n) is 26.1. The lowest BCUT2D eigenvalue weighted by molar-refractivity contribution is -0.160. The monoisotopic (exact) mass is 595 g/mol. The van der Waals surface area contributed by atoms with Crippen molar-refractivity contribution in [2.24, 2.45) is 0 Å². The zero-order chi connectivity index (χ0) is 31.5. The van der Waals surface area contributed by atoms with Gasteiger partial charge in [-0.25, -0.2) is 9.18 Å². The van der Waals surface area contributed by atoms with E-state index in [0.717, 1.165) is 50.6 Å². The molecule has 228 valence electrons. The molecule has 6 rings (SSSR count). The Labute approximate surface area is 257 Å². The number of fused-ring (bicyclic) bond motifs is 3. The molecule has 0 saturated heterocycles. The maximum atomic E-state index is 15.6. The standard InChI is InChI=1S/C37H38FNO5/c1-20-24-15-10-16-43-33(24)30(38)17-27(20)31-21(2)28-18-39(35(40)26-14-9-12-23-11-7-8-13-25(23)26)19-29(28)22(3)32(31)34(36(41)42)44-37(4,5)6/h7-9,11-14,17,34H,10,15-16,18-19H2,1-6H3,(H,41,42)/t34-/m0/s1. The van der Waals surface area contributed by atoms with E-state index in [-0.39, 0.29) is 11.7 Å². The Morgan fingerprint density at radius 2 is 1.64 bits per heavy atom. The molecule has 0 aliphatic carbocycles. The molecular weight excluding hydrogens is 557 g/mol. The van der Waals surface area contributed by atoms with Gasteiger partial charge in [-0.3, -0.25) is 4.79 Å². The van der Waals surface area contributed by atoms with Crippen molar-refractivity contribution < 1.29 is 28.6 Å². The van der Waals surface area contributed by atoms with Gasteiger partial charge in [0.25, 0.3) is 5.91 Å². The summed E-state index contributed by atoms with van der Waals surface area (Å²) in [7, 11) is 0. The number of benzene rings is 4. The van der Waals surface area contributed by atoms with Crippen LogP contribution in [0.2, 0.25) is 0 Å². The molecule has 2 heterocycles. The minimum absolute atomic E-state index is 0.0891. The van der Waals surface area contributed by atoms with Crippen molar-refractivity contribution in [2.45, 2.75) is 79.2 Å². The van der Waals surface area contributed by atoms with Gasteiger partial charge in [-0.1, -0.05) is 36.4 Å². The molecule has 0 aromatic heterocycles. The fraction of sp³-hybridized carbons (Fsp3) is 0.351. The Morgan fingerprint density at radius 1 is 0.955 bits per heavy atom. The highest BCUT2D eigenvalue weighted by atomic mass is 19.1. The van der Waals surface area contributed by atoms with Crippen LogP contribution in [0, 0.1) is 26.6 Å². The first-order chi connectivity index (χ1) is 20.9. The number of rotatable bonds is 5. The van der Waals surface area contributed by atoms with Gasteiger partial charge in [0.05, 0.1) is 12.2 Å². The van der Waals surface area contributed by atoms with Crippen molar-refractivity contribution in [3.63, 3.8) is 0 Å². The lowest BCUT2D eigenvalue weighted by Gasteiger charge is -2.31. The topological polar surface area (TPSA) is 76.1 Å². The first-order valence-electron chi connectivity index (χ1n) is 15.1. The van der Waals surface area contributed by atoms with E-state index in [2.05, 4.69) is 0 Å². The molecule has 2 aliphatic rings. The average Bonchev–Trinajstić information content (AvgIpc) is 3.45. The summed E-state index contributed by atoms with van der Waals surface area (Å²) < 4.78 is 27.6. The molecule has 6 nitrogen and oxygen atoms in total. The average molecular weight is 596 g/mol. The summed E-state index contributed by atoms with van der Waals surface area (Å²) in [5.74, 6) is -1.39. The summed E-state index contributed by atoms with van der Waals surface area (Å²) in [6.45, 7) is 12.4. The maximum Gasteiger partial charge on any atom is 0.337 e. The third-order valence-electron chi connectivity index (χ3n) is 8.99. The van der Waals surface area contributed by atoms with Gasteiger partial charge in [0.1, 0.15) is 0 Å². The molecule has 7 heteroatoms. The molecule has 1 atom stereocenters. The first-order valence-corrected chi connectivity index (χ1v) is 15.1. The van der Waals surface area contributed by atoms with Gasteiger partial charge < -0.3 is 19.5 Å². The largest absolute Gasteiger partial charge is 0.490 e. The predicted molar refractivity (Wildman–Crippen MR) is 169 cm³/mol. The quantitative estimate of drug-likeness (QED) is 0.253. The highest BCUT2D eigenvalue weighted by Gasteiger charge is 2.37. The molecule has 4 aromatic rings. The van der Waals surface area contributed by atoms with Crippen LogP contribution in [-0.2, 0) is 29.0 Å². The highest BCUT2D eigenvalue weighted by Crippen LogP contribution is 2.47. The Hall–Kier alpha value is -4.23. The summed E-state index contributed by atoms with van der Waals surface area (Å²) in [6.07, 6.45) is 0.159. The smallest absolute Gasteiger partial charge is 0.337 e. The van der Waals surface area contributed by atoms with E-state index in [1.165, 1.54) is 6.07 Å². The highest BCUT2D eigenvalue weighted by molar-refractivity contribution is 6.07. The second-order valence-corrected chi connectivity index (χ2v) is 12.9. The number of aliphatic carboxylic acids is 1. The Bertz CT molecular complexity index is 1830. The van der Waals surface area contributed by atoms with Crippen LogP contribution in [0.4, 0.5) is 4.39 Å². The van der Waals surface area contributed by atoms with Crippen molar-refractivity contribution in [3.05, 3.63) is 98.9 Å². The summed E-state index contributed by atoms with van der Waals surface area (Å²) in [6, 6.07) is 15.0. The van der Waals surface area contributed by atoms with Crippen LogP contribution in [0.25, 0.3) is 21.9 Å². The SMILES string of the molecule is Cc1c(-c2c(C)c3c(c(C)c2[C@H](OC(C)(C)C)C(=O)O)CN(C(=O)c2cccc4ccccc24)C3)cc(F)c2c1CCCO2. The number of hydrogen-bond acceptors (Lipinski definition) is 4. The van der Waals surface area contributed by atoms with Crippen LogP contribution < -0.4 is 4.74 Å². The second kappa shape index (κ2) is 11.0. The molecule has 1 N–H and O–H groups in total. The van der Waals surface area contributed by atoms with Crippen molar-refractivity contribution in [1.82, 2.24) is 4.90 Å². The van der Waals surface area contributed by atoms with Crippen LogP contribution in [0.1, 0.15) is 82.6 Å². The molecule has 0 saturated carbocycles. The Balaban J connectivity index is 1.55. The molecule has 0 bridgehead atoms. The van der Waals surface area contributed by atoms with Crippen molar-refractivity contribution >= 4 is 22.6 Å². The second-order valence-electron chi connectivity index (χ2n) is 12.9. The van der Waals surface area contributed by atoms with E-state index in [1.807, 2.05) is 88.9 Å². The van der Waals surface area contributed by atoms with Crippen molar-refractivity contribution in [3.8, 4) is 16.9 Å². The van der Waals surface area contributed by atoms with E-state index in [0.29, 0.717) is 48.4 Å². The number of hydrogen-bond donors (Lipinski definition) is 1. The number of amides is 1. The van der Waals surface area contributed by atoms with E-state index in [1.54, 1.807) is 0 Å². The number of nitrogens with zero attached hydrogens (tertiary/aromatic N) is 1. The van der Waals surface area contributed by atoms with Crippen LogP contribution in [-0.4, -0.2) is 34.1 Å². The number of carbonyl (C=O) groups is 2. The minimum atomic E-state index is -1.30. The summed E-state index contributed by atoms with van der Waals surface area (Å²) >= 11 is 0. The van der Waals surface area contributed by atoms with E-state index in [4.69, 9.17) is 9.47 Å². The van der Waals surface area contributed by atoms with Crippen LogP contribution in [0.15, 0.2) is 48.5 Å². The molecule has 0 unspecified atom stereocenters. The molecular formula is C37H38FNO5. The summed E-state index contributed by atoms with van der Waals surface area (Å²) in [5, 5.41) is 12.4. The normalized spacial score (nSPS) is 15.1. The fourth-order valence-electron chi connectivity index (χ4n) is 6.93. The third kappa shape index (κ3) is 5.03. The van der Waals surface area contributed by atoms with Gasteiger partial charge in [-0.15, -0.1) is 0 Å². The maximum absolute atomic E-state index is 15.6. The van der Waals surface area contributed by atoms with Gasteiger partial charge in [0.2, 0.25) is 0 Å². The van der Waals surface area contributed by atoms with E-state index in [9.17, 15) is 14.7 Å². The minimum Gasteiger partial charge on any atom is -0.490 e.